The van der Waals surface area contributed by atoms with E-state index in [1.54, 1.807) is 0 Å². The van der Waals surface area contributed by atoms with Gasteiger partial charge in [-0.25, -0.2) is 0 Å². The monoisotopic (exact) mass is 304 g/mol. The summed E-state index contributed by atoms with van der Waals surface area (Å²) in [7, 11) is 0. The van der Waals surface area contributed by atoms with Crippen LogP contribution in [0.1, 0.15) is 58.6 Å². The van der Waals surface area contributed by atoms with Gasteiger partial charge in [0.2, 0.25) is 0 Å². The third-order valence-electron chi connectivity index (χ3n) is 4.06. The van der Waals surface area contributed by atoms with Gasteiger partial charge in [-0.05, 0) is 69.8 Å². The van der Waals surface area contributed by atoms with Crippen molar-refractivity contribution in [3.8, 4) is 0 Å². The van der Waals surface area contributed by atoms with Crippen LogP contribution in [0.4, 0.5) is 0 Å². The smallest absolute Gasteiger partial charge is 0.0125 e. The minimum absolute atomic E-state index is 0.261. The van der Waals surface area contributed by atoms with Crippen LogP contribution < -0.4 is 10.6 Å². The molecule has 0 fully saturated rings. The molecule has 0 radical (unpaired) electrons. The lowest BCUT2D eigenvalue weighted by Crippen LogP contribution is -2.40. The van der Waals surface area contributed by atoms with Gasteiger partial charge in [-0.15, -0.1) is 0 Å². The molecular formula is C20H36N2. The molecule has 0 atom stereocenters. The summed E-state index contributed by atoms with van der Waals surface area (Å²) in [5.41, 5.74) is 3.12. The van der Waals surface area contributed by atoms with Crippen LogP contribution in [0, 0.1) is 5.92 Å². The van der Waals surface area contributed by atoms with E-state index in [1.165, 1.54) is 24.0 Å². The first-order valence-corrected chi connectivity index (χ1v) is 8.96. The molecule has 0 spiro atoms. The Morgan fingerprint density at radius 2 is 1.50 bits per heavy atom. The molecule has 2 nitrogen and oxygen atoms in total. The highest BCUT2D eigenvalue weighted by Gasteiger charge is 2.14. The lowest BCUT2D eigenvalue weighted by Gasteiger charge is -2.25. The van der Waals surface area contributed by atoms with E-state index in [9.17, 15) is 0 Å². The van der Waals surface area contributed by atoms with Crippen LogP contribution in [-0.2, 0) is 12.8 Å². The summed E-state index contributed by atoms with van der Waals surface area (Å²) in [4.78, 5) is 0. The normalized spacial score (nSPS) is 12.1. The zero-order valence-corrected chi connectivity index (χ0v) is 15.3. The molecule has 2 N–H and O–H groups in total. The molecule has 0 aliphatic heterocycles. The predicted octanol–water partition coefficient (Wildman–Crippen LogP) is 4.19. The van der Waals surface area contributed by atoms with Crippen molar-refractivity contribution in [1.82, 2.24) is 10.6 Å². The molecule has 0 aliphatic rings. The van der Waals surface area contributed by atoms with Crippen LogP contribution in [0.3, 0.4) is 0 Å². The summed E-state index contributed by atoms with van der Waals surface area (Å²) in [6.07, 6.45) is 4.70. The molecular weight excluding hydrogens is 268 g/mol. The first kappa shape index (κ1) is 19.2. The molecule has 0 bridgehead atoms. The van der Waals surface area contributed by atoms with Crippen LogP contribution in [-0.4, -0.2) is 25.2 Å². The van der Waals surface area contributed by atoms with E-state index < -0.39 is 0 Å². The first-order chi connectivity index (χ1) is 10.4. The highest BCUT2D eigenvalue weighted by Crippen LogP contribution is 2.11. The van der Waals surface area contributed by atoms with Gasteiger partial charge in [0.05, 0.1) is 0 Å². The van der Waals surface area contributed by atoms with E-state index in [-0.39, 0.29) is 5.54 Å². The van der Waals surface area contributed by atoms with Gasteiger partial charge < -0.3 is 10.6 Å². The number of hydrogen-bond donors (Lipinski definition) is 2. The van der Waals surface area contributed by atoms with E-state index in [1.807, 2.05) is 0 Å². The second-order valence-corrected chi connectivity index (χ2v) is 7.48. The Balaban J connectivity index is 2.27. The molecule has 0 saturated heterocycles. The second kappa shape index (κ2) is 10.0. The van der Waals surface area contributed by atoms with E-state index >= 15 is 0 Å². The summed E-state index contributed by atoms with van der Waals surface area (Å²) < 4.78 is 0. The summed E-state index contributed by atoms with van der Waals surface area (Å²) in [6.45, 7) is 14.6. The Hall–Kier alpha value is -0.860. The maximum atomic E-state index is 3.67. The van der Waals surface area contributed by atoms with Crippen LogP contribution in [0.25, 0.3) is 0 Å². The van der Waals surface area contributed by atoms with Crippen molar-refractivity contribution in [2.45, 2.75) is 65.8 Å². The van der Waals surface area contributed by atoms with Crippen molar-refractivity contribution in [3.05, 3.63) is 35.4 Å². The van der Waals surface area contributed by atoms with E-state index in [0.717, 1.165) is 38.4 Å². The van der Waals surface area contributed by atoms with Crippen LogP contribution >= 0.6 is 0 Å². The van der Waals surface area contributed by atoms with E-state index in [4.69, 9.17) is 0 Å². The first-order valence-electron chi connectivity index (χ1n) is 8.96. The molecule has 0 heterocycles. The Labute approximate surface area is 138 Å². The summed E-state index contributed by atoms with van der Waals surface area (Å²) in [6, 6.07) is 9.13. The topological polar surface area (TPSA) is 24.1 Å². The average molecular weight is 305 g/mol. The Bertz CT molecular complexity index is 393. The molecule has 0 aromatic heterocycles. The van der Waals surface area contributed by atoms with Gasteiger partial charge in [-0.1, -0.05) is 51.5 Å². The van der Waals surface area contributed by atoms with Crippen molar-refractivity contribution in [2.24, 2.45) is 5.92 Å². The third-order valence-corrected chi connectivity index (χ3v) is 4.06. The lowest BCUT2D eigenvalue weighted by atomic mass is 9.98. The molecule has 1 aromatic rings. The predicted molar refractivity (Wildman–Crippen MR) is 98.5 cm³/mol. The highest BCUT2D eigenvalue weighted by atomic mass is 14.9. The molecule has 0 saturated carbocycles. The molecule has 1 rings (SSSR count). The molecule has 0 unspecified atom stereocenters. The highest BCUT2D eigenvalue weighted by molar-refractivity contribution is 5.23. The summed E-state index contributed by atoms with van der Waals surface area (Å²) in [5, 5.41) is 7.17. The Kier molecular flexibility index (Phi) is 8.74. The molecule has 2 heteroatoms. The maximum Gasteiger partial charge on any atom is 0.0125 e. The maximum absolute atomic E-state index is 3.67. The zero-order chi connectivity index (χ0) is 16.4. The van der Waals surface area contributed by atoms with Gasteiger partial charge in [0, 0.05) is 5.54 Å². The third kappa shape index (κ3) is 8.55. The number of nitrogens with one attached hydrogen (secondary N) is 2. The summed E-state index contributed by atoms with van der Waals surface area (Å²) in [5.74, 6) is 0.729. The van der Waals surface area contributed by atoms with Gasteiger partial charge in [-0.2, -0.15) is 0 Å². The minimum atomic E-state index is 0.261. The quantitative estimate of drug-likeness (QED) is 0.599. The van der Waals surface area contributed by atoms with Gasteiger partial charge >= 0.3 is 0 Å². The Morgan fingerprint density at radius 3 is 2.00 bits per heavy atom. The number of hydrogen-bond acceptors (Lipinski definition) is 2. The standard InChI is InChI=1S/C20H36N2/c1-6-13-20(4,5)22-15-12-19-9-7-18(8-10-19)11-14-21-16-17(2)3/h7-10,17,21-22H,6,11-16H2,1-5H3. The summed E-state index contributed by atoms with van der Waals surface area (Å²) >= 11 is 0. The van der Waals surface area contributed by atoms with Gasteiger partial charge in [0.25, 0.3) is 0 Å². The van der Waals surface area contributed by atoms with E-state index in [0.29, 0.717) is 0 Å². The van der Waals surface area contributed by atoms with Gasteiger partial charge in [0.1, 0.15) is 0 Å². The molecule has 22 heavy (non-hydrogen) atoms. The number of rotatable bonds is 11. The van der Waals surface area contributed by atoms with Crippen molar-refractivity contribution in [2.75, 3.05) is 19.6 Å². The SMILES string of the molecule is CCCC(C)(C)NCCc1ccc(CCNCC(C)C)cc1. The molecule has 0 amide bonds. The van der Waals surface area contributed by atoms with Crippen molar-refractivity contribution >= 4 is 0 Å². The minimum Gasteiger partial charge on any atom is -0.316 e. The van der Waals surface area contributed by atoms with Crippen LogP contribution in [0.2, 0.25) is 0 Å². The van der Waals surface area contributed by atoms with Gasteiger partial charge in [0.15, 0.2) is 0 Å². The van der Waals surface area contributed by atoms with Crippen molar-refractivity contribution in [3.63, 3.8) is 0 Å². The largest absolute Gasteiger partial charge is 0.316 e. The van der Waals surface area contributed by atoms with E-state index in [2.05, 4.69) is 69.5 Å². The lowest BCUT2D eigenvalue weighted by molar-refractivity contribution is 0.361. The van der Waals surface area contributed by atoms with Gasteiger partial charge in [-0.3, -0.25) is 0 Å². The Morgan fingerprint density at radius 1 is 0.955 bits per heavy atom. The fourth-order valence-corrected chi connectivity index (χ4v) is 2.75. The fourth-order valence-electron chi connectivity index (χ4n) is 2.75. The van der Waals surface area contributed by atoms with Crippen LogP contribution in [0.5, 0.6) is 0 Å². The zero-order valence-electron chi connectivity index (χ0n) is 15.3. The molecule has 0 aliphatic carbocycles. The average Bonchev–Trinajstić information content (AvgIpc) is 2.44. The van der Waals surface area contributed by atoms with Crippen LogP contribution in [0.15, 0.2) is 24.3 Å². The van der Waals surface area contributed by atoms with Crippen molar-refractivity contribution < 1.29 is 0 Å². The molecule has 126 valence electrons. The second-order valence-electron chi connectivity index (χ2n) is 7.48. The van der Waals surface area contributed by atoms with Crippen molar-refractivity contribution in [1.29, 1.82) is 0 Å². The fraction of sp³-hybridized carbons (Fsp3) is 0.700. The molecule has 1 aromatic carbocycles. The number of benzene rings is 1.